The molecule has 7 atom stereocenters. The Labute approximate surface area is 143 Å². The minimum absolute atomic E-state index is 0.128. The van der Waals surface area contributed by atoms with E-state index in [1.165, 1.54) is 0 Å². The van der Waals surface area contributed by atoms with Gasteiger partial charge in [-0.2, -0.15) is 0 Å². The highest BCUT2D eigenvalue weighted by atomic mass is 16.7. The summed E-state index contributed by atoms with van der Waals surface area (Å²) in [6.45, 7) is 1.08. The van der Waals surface area contributed by atoms with Crippen molar-refractivity contribution in [3.63, 3.8) is 0 Å². The first-order valence-electron chi connectivity index (χ1n) is 8.23. The maximum atomic E-state index is 12.5. The average Bonchev–Trinajstić information content (AvgIpc) is 2.98. The SMILES string of the molecule is CC1=C2C(=O)OCC(C(=O)O[C@@H]3O[C@H](CO)[C@@H](O)[C@H](O)[C@H]3O)C2CC1. The first-order chi connectivity index (χ1) is 11.8. The van der Waals surface area contributed by atoms with Gasteiger partial charge in [-0.3, -0.25) is 4.79 Å². The molecular weight excluding hydrogens is 336 g/mol. The predicted molar refractivity (Wildman–Crippen MR) is 79.7 cm³/mol. The standard InChI is InChI=1S/C16H22O9/c1-6-2-3-7-8(5-23-15(22)10(6)7)14(21)25-16-13(20)12(19)11(18)9(4-17)24-16/h7-9,11-13,16-20H,2-5H2,1H3/t7?,8?,9-,11-,12+,13-,16+/m1/s1. The van der Waals surface area contributed by atoms with Crippen molar-refractivity contribution in [3.05, 3.63) is 11.1 Å². The predicted octanol–water partition coefficient (Wildman–Crippen LogP) is -1.77. The summed E-state index contributed by atoms with van der Waals surface area (Å²) in [4.78, 5) is 24.4. The van der Waals surface area contributed by atoms with E-state index in [0.29, 0.717) is 18.4 Å². The Morgan fingerprint density at radius 2 is 1.96 bits per heavy atom. The molecule has 9 nitrogen and oxygen atoms in total. The second-order valence-electron chi connectivity index (χ2n) is 6.68. The molecule has 2 unspecified atom stereocenters. The smallest absolute Gasteiger partial charge is 0.334 e. The Morgan fingerprint density at radius 1 is 1.24 bits per heavy atom. The highest BCUT2D eigenvalue weighted by Crippen LogP contribution is 2.41. The molecule has 2 heterocycles. The molecule has 1 aliphatic carbocycles. The molecule has 0 bridgehead atoms. The number of ether oxygens (including phenoxy) is 3. The molecule has 2 aliphatic heterocycles. The maximum Gasteiger partial charge on any atom is 0.334 e. The minimum Gasteiger partial charge on any atom is -0.461 e. The van der Waals surface area contributed by atoms with Crippen LogP contribution < -0.4 is 0 Å². The van der Waals surface area contributed by atoms with E-state index in [1.807, 2.05) is 6.92 Å². The van der Waals surface area contributed by atoms with Gasteiger partial charge in [0.05, 0.1) is 12.5 Å². The molecule has 3 rings (SSSR count). The van der Waals surface area contributed by atoms with Crippen LogP contribution in [-0.2, 0) is 23.8 Å². The molecule has 140 valence electrons. The number of aliphatic hydroxyl groups excluding tert-OH is 4. The van der Waals surface area contributed by atoms with Gasteiger partial charge in [0.25, 0.3) is 0 Å². The number of fused-ring (bicyclic) bond motifs is 1. The summed E-state index contributed by atoms with van der Waals surface area (Å²) in [5.74, 6) is -2.18. The fourth-order valence-corrected chi connectivity index (χ4v) is 3.65. The first-order valence-corrected chi connectivity index (χ1v) is 8.23. The fraction of sp³-hybridized carbons (Fsp3) is 0.750. The number of carbonyl (C=O) groups excluding carboxylic acids is 2. The molecule has 25 heavy (non-hydrogen) atoms. The van der Waals surface area contributed by atoms with E-state index in [0.717, 1.165) is 5.57 Å². The number of carbonyl (C=O) groups is 2. The van der Waals surface area contributed by atoms with Crippen molar-refractivity contribution in [1.29, 1.82) is 0 Å². The van der Waals surface area contributed by atoms with Crippen LogP contribution in [-0.4, -0.2) is 76.3 Å². The Balaban J connectivity index is 1.71. The summed E-state index contributed by atoms with van der Waals surface area (Å²) in [7, 11) is 0. The van der Waals surface area contributed by atoms with Gasteiger partial charge in [0, 0.05) is 11.5 Å². The third-order valence-corrected chi connectivity index (χ3v) is 5.14. The van der Waals surface area contributed by atoms with Crippen LogP contribution in [0, 0.1) is 11.8 Å². The topological polar surface area (TPSA) is 143 Å². The van der Waals surface area contributed by atoms with Gasteiger partial charge in [0.2, 0.25) is 6.29 Å². The molecule has 3 aliphatic rings. The molecule has 0 saturated carbocycles. The molecule has 9 heteroatoms. The Hall–Kier alpha value is -1.52. The van der Waals surface area contributed by atoms with Gasteiger partial charge in [-0.05, 0) is 19.8 Å². The van der Waals surface area contributed by atoms with Crippen LogP contribution in [0.3, 0.4) is 0 Å². The third-order valence-electron chi connectivity index (χ3n) is 5.14. The molecule has 0 radical (unpaired) electrons. The summed E-state index contributed by atoms with van der Waals surface area (Å²) < 4.78 is 15.4. The fourth-order valence-electron chi connectivity index (χ4n) is 3.65. The minimum atomic E-state index is -1.66. The first kappa shape index (κ1) is 18.3. The summed E-state index contributed by atoms with van der Waals surface area (Å²) in [6, 6.07) is 0. The van der Waals surface area contributed by atoms with E-state index < -0.39 is 55.2 Å². The van der Waals surface area contributed by atoms with Crippen LogP contribution in [0.4, 0.5) is 0 Å². The summed E-state index contributed by atoms with van der Waals surface area (Å²) in [6.07, 6.45) is -6.19. The number of cyclic esters (lactones) is 1. The van der Waals surface area contributed by atoms with Crippen molar-refractivity contribution in [1.82, 2.24) is 0 Å². The Bertz CT molecular complexity index is 584. The molecule has 0 spiro atoms. The molecule has 0 aromatic carbocycles. The molecule has 0 aromatic heterocycles. The van der Waals surface area contributed by atoms with Gasteiger partial charge in [-0.1, -0.05) is 5.57 Å². The normalized spacial score (nSPS) is 41.3. The zero-order chi connectivity index (χ0) is 18.3. The van der Waals surface area contributed by atoms with Crippen molar-refractivity contribution in [3.8, 4) is 0 Å². The lowest BCUT2D eigenvalue weighted by Gasteiger charge is -2.40. The second-order valence-corrected chi connectivity index (χ2v) is 6.68. The lowest BCUT2D eigenvalue weighted by molar-refractivity contribution is -0.294. The Kier molecular flexibility index (Phi) is 5.12. The van der Waals surface area contributed by atoms with Crippen molar-refractivity contribution in [2.45, 2.75) is 50.5 Å². The molecule has 2 saturated heterocycles. The van der Waals surface area contributed by atoms with Crippen LogP contribution in [0.2, 0.25) is 0 Å². The van der Waals surface area contributed by atoms with Crippen LogP contribution in [0.5, 0.6) is 0 Å². The number of esters is 2. The van der Waals surface area contributed by atoms with E-state index in [1.54, 1.807) is 0 Å². The van der Waals surface area contributed by atoms with Gasteiger partial charge in [0.15, 0.2) is 0 Å². The number of rotatable bonds is 3. The quantitative estimate of drug-likeness (QED) is 0.431. The van der Waals surface area contributed by atoms with Crippen molar-refractivity contribution in [2.24, 2.45) is 11.8 Å². The summed E-state index contributed by atoms with van der Waals surface area (Å²) in [5.41, 5.74) is 1.39. The molecule has 2 fully saturated rings. The zero-order valence-corrected chi connectivity index (χ0v) is 13.7. The van der Waals surface area contributed by atoms with Crippen LogP contribution in [0.25, 0.3) is 0 Å². The number of hydrogen-bond donors (Lipinski definition) is 4. The molecule has 0 amide bonds. The van der Waals surface area contributed by atoms with Gasteiger partial charge in [-0.15, -0.1) is 0 Å². The molecular formula is C16H22O9. The Morgan fingerprint density at radius 3 is 2.64 bits per heavy atom. The number of aliphatic hydroxyl groups is 4. The van der Waals surface area contributed by atoms with E-state index in [2.05, 4.69) is 0 Å². The largest absolute Gasteiger partial charge is 0.461 e. The van der Waals surface area contributed by atoms with Crippen LogP contribution in [0.1, 0.15) is 19.8 Å². The van der Waals surface area contributed by atoms with Crippen LogP contribution in [0.15, 0.2) is 11.1 Å². The third kappa shape index (κ3) is 3.18. The highest BCUT2D eigenvalue weighted by molar-refractivity contribution is 5.93. The monoisotopic (exact) mass is 358 g/mol. The molecule has 0 aromatic rings. The van der Waals surface area contributed by atoms with Gasteiger partial charge < -0.3 is 34.6 Å². The maximum absolute atomic E-state index is 12.5. The highest BCUT2D eigenvalue weighted by Gasteiger charge is 2.48. The summed E-state index contributed by atoms with van der Waals surface area (Å²) in [5, 5.41) is 38.6. The average molecular weight is 358 g/mol. The second kappa shape index (κ2) is 7.00. The lowest BCUT2D eigenvalue weighted by Crippen LogP contribution is -2.59. The van der Waals surface area contributed by atoms with Crippen molar-refractivity contribution < 1.29 is 44.2 Å². The number of hydrogen-bond acceptors (Lipinski definition) is 9. The van der Waals surface area contributed by atoms with Gasteiger partial charge in [-0.25, -0.2) is 4.79 Å². The van der Waals surface area contributed by atoms with Crippen LogP contribution >= 0.6 is 0 Å². The van der Waals surface area contributed by atoms with Gasteiger partial charge in [0.1, 0.15) is 31.0 Å². The number of allylic oxidation sites excluding steroid dienone is 1. The van der Waals surface area contributed by atoms with Crippen molar-refractivity contribution in [2.75, 3.05) is 13.2 Å². The zero-order valence-electron chi connectivity index (χ0n) is 13.7. The van der Waals surface area contributed by atoms with E-state index in [9.17, 15) is 24.9 Å². The van der Waals surface area contributed by atoms with E-state index in [-0.39, 0.29) is 12.5 Å². The van der Waals surface area contributed by atoms with E-state index in [4.69, 9.17) is 19.3 Å². The van der Waals surface area contributed by atoms with Crippen molar-refractivity contribution >= 4 is 11.9 Å². The lowest BCUT2D eigenvalue weighted by atomic mass is 9.85. The summed E-state index contributed by atoms with van der Waals surface area (Å²) >= 11 is 0. The molecule has 4 N–H and O–H groups in total. The van der Waals surface area contributed by atoms with Gasteiger partial charge >= 0.3 is 11.9 Å². The van der Waals surface area contributed by atoms with E-state index >= 15 is 0 Å².